The lowest BCUT2D eigenvalue weighted by atomic mass is 10.00. The number of thioether (sulfide) groups is 1. The van der Waals surface area contributed by atoms with Crippen LogP contribution in [0, 0.1) is 0 Å². The van der Waals surface area contributed by atoms with Crippen molar-refractivity contribution in [1.82, 2.24) is 15.5 Å². The molecular formula is C11H17N3OS. The van der Waals surface area contributed by atoms with E-state index in [0.29, 0.717) is 11.2 Å². The molecule has 0 bridgehead atoms. The van der Waals surface area contributed by atoms with Crippen molar-refractivity contribution in [2.75, 3.05) is 18.8 Å². The number of nitrogens with zero attached hydrogens (tertiary/aromatic N) is 2. The van der Waals surface area contributed by atoms with E-state index in [9.17, 15) is 0 Å². The predicted octanol–water partition coefficient (Wildman–Crippen LogP) is 2.10. The lowest BCUT2D eigenvalue weighted by Gasteiger charge is -2.18. The molecule has 1 unspecified atom stereocenters. The Bertz CT molecular complexity index is 343. The summed E-state index contributed by atoms with van der Waals surface area (Å²) in [6, 6.07) is 0. The fourth-order valence-electron chi connectivity index (χ4n) is 2.39. The van der Waals surface area contributed by atoms with E-state index >= 15 is 0 Å². The number of hydrogen-bond donors (Lipinski definition) is 1. The summed E-state index contributed by atoms with van der Waals surface area (Å²) in [5.74, 6) is 3.43. The first kappa shape index (κ1) is 10.6. The Morgan fingerprint density at radius 1 is 1.31 bits per heavy atom. The van der Waals surface area contributed by atoms with Gasteiger partial charge in [-0.05, 0) is 38.0 Å². The molecule has 0 spiro atoms. The minimum atomic E-state index is 0.432. The molecule has 3 heterocycles. The first-order chi connectivity index (χ1) is 7.93. The van der Waals surface area contributed by atoms with Gasteiger partial charge in [0, 0.05) is 6.54 Å². The molecule has 0 amide bonds. The Morgan fingerprint density at radius 3 is 3.06 bits per heavy atom. The van der Waals surface area contributed by atoms with Crippen molar-refractivity contribution in [3.05, 3.63) is 11.7 Å². The van der Waals surface area contributed by atoms with Crippen molar-refractivity contribution in [2.45, 2.75) is 36.9 Å². The molecule has 0 aromatic carbocycles. The Kier molecular flexibility index (Phi) is 3.15. The first-order valence-electron chi connectivity index (χ1n) is 6.09. The number of aromatic nitrogens is 2. The van der Waals surface area contributed by atoms with Crippen LogP contribution in [0.1, 0.15) is 48.6 Å². The highest BCUT2D eigenvalue weighted by molar-refractivity contribution is 7.99. The molecule has 2 atom stereocenters. The van der Waals surface area contributed by atoms with Gasteiger partial charge in [-0.2, -0.15) is 16.7 Å². The maximum atomic E-state index is 5.40. The summed E-state index contributed by atoms with van der Waals surface area (Å²) >= 11 is 1.95. The zero-order valence-electron chi connectivity index (χ0n) is 9.32. The van der Waals surface area contributed by atoms with Crippen LogP contribution in [0.4, 0.5) is 0 Å². The van der Waals surface area contributed by atoms with E-state index in [1.165, 1.54) is 31.4 Å². The van der Waals surface area contributed by atoms with Crippen LogP contribution in [-0.4, -0.2) is 29.0 Å². The standard InChI is InChI=1S/C11H17N3OS/c1-3-8(7-12-5-1)11-13-10(14-15-11)9-4-2-6-16-9/h8-9,12H,1-7H2/t8-,9?/m0/s1. The van der Waals surface area contributed by atoms with Crippen LogP contribution in [0.25, 0.3) is 0 Å². The van der Waals surface area contributed by atoms with E-state index in [1.54, 1.807) is 0 Å². The van der Waals surface area contributed by atoms with Gasteiger partial charge in [-0.1, -0.05) is 5.16 Å². The largest absolute Gasteiger partial charge is 0.339 e. The van der Waals surface area contributed by atoms with Crippen molar-refractivity contribution >= 4 is 11.8 Å². The third-order valence-electron chi connectivity index (χ3n) is 3.32. The second kappa shape index (κ2) is 4.75. The zero-order chi connectivity index (χ0) is 10.8. The fourth-order valence-corrected chi connectivity index (χ4v) is 3.58. The normalized spacial score (nSPS) is 30.8. The quantitative estimate of drug-likeness (QED) is 0.856. The van der Waals surface area contributed by atoms with E-state index < -0.39 is 0 Å². The molecule has 2 saturated heterocycles. The van der Waals surface area contributed by atoms with Gasteiger partial charge < -0.3 is 9.84 Å². The van der Waals surface area contributed by atoms with Gasteiger partial charge in [-0.15, -0.1) is 0 Å². The predicted molar refractivity (Wildman–Crippen MR) is 63.6 cm³/mol. The first-order valence-corrected chi connectivity index (χ1v) is 7.14. The van der Waals surface area contributed by atoms with Gasteiger partial charge in [0.05, 0.1) is 11.2 Å². The van der Waals surface area contributed by atoms with E-state index in [0.717, 1.165) is 24.8 Å². The Labute approximate surface area is 99.6 Å². The molecule has 1 aromatic heterocycles. The van der Waals surface area contributed by atoms with Crippen LogP contribution in [0.5, 0.6) is 0 Å². The highest BCUT2D eigenvalue weighted by Gasteiger charge is 2.26. The van der Waals surface area contributed by atoms with Crippen molar-refractivity contribution in [1.29, 1.82) is 0 Å². The molecule has 5 heteroatoms. The van der Waals surface area contributed by atoms with Crippen LogP contribution in [0.3, 0.4) is 0 Å². The second-order valence-electron chi connectivity index (χ2n) is 4.54. The zero-order valence-corrected chi connectivity index (χ0v) is 10.1. The van der Waals surface area contributed by atoms with Crippen molar-refractivity contribution in [3.63, 3.8) is 0 Å². The van der Waals surface area contributed by atoms with Gasteiger partial charge in [0.1, 0.15) is 0 Å². The average molecular weight is 239 g/mol. The Balaban J connectivity index is 1.71. The van der Waals surface area contributed by atoms with Crippen LogP contribution in [-0.2, 0) is 0 Å². The molecule has 2 aliphatic rings. The third-order valence-corrected chi connectivity index (χ3v) is 4.69. The van der Waals surface area contributed by atoms with Crippen molar-refractivity contribution in [3.8, 4) is 0 Å². The molecule has 2 fully saturated rings. The van der Waals surface area contributed by atoms with Gasteiger partial charge in [0.2, 0.25) is 5.89 Å². The van der Waals surface area contributed by atoms with Crippen LogP contribution < -0.4 is 5.32 Å². The van der Waals surface area contributed by atoms with Gasteiger partial charge in [0.15, 0.2) is 5.82 Å². The lowest BCUT2D eigenvalue weighted by Crippen LogP contribution is -2.28. The molecule has 1 N–H and O–H groups in total. The second-order valence-corrected chi connectivity index (χ2v) is 5.85. The highest BCUT2D eigenvalue weighted by Crippen LogP contribution is 2.38. The number of nitrogens with one attached hydrogen (secondary N) is 1. The van der Waals surface area contributed by atoms with E-state index in [2.05, 4.69) is 15.5 Å². The van der Waals surface area contributed by atoms with E-state index in [1.807, 2.05) is 11.8 Å². The molecule has 4 nitrogen and oxygen atoms in total. The summed E-state index contributed by atoms with van der Waals surface area (Å²) < 4.78 is 5.40. The smallest absolute Gasteiger partial charge is 0.231 e. The maximum absolute atomic E-state index is 5.40. The Hall–Kier alpha value is -0.550. The Morgan fingerprint density at radius 2 is 2.31 bits per heavy atom. The van der Waals surface area contributed by atoms with E-state index in [-0.39, 0.29) is 0 Å². The summed E-state index contributed by atoms with van der Waals surface area (Å²) in [6.07, 6.45) is 4.86. The molecule has 0 radical (unpaired) electrons. The van der Waals surface area contributed by atoms with Crippen LogP contribution in [0.2, 0.25) is 0 Å². The van der Waals surface area contributed by atoms with Crippen molar-refractivity contribution < 1.29 is 4.52 Å². The van der Waals surface area contributed by atoms with Gasteiger partial charge in [0.25, 0.3) is 0 Å². The molecule has 2 aliphatic heterocycles. The average Bonchev–Trinajstić information content (AvgIpc) is 3.01. The van der Waals surface area contributed by atoms with Gasteiger partial charge >= 0.3 is 0 Å². The lowest BCUT2D eigenvalue weighted by molar-refractivity contribution is 0.320. The minimum Gasteiger partial charge on any atom is -0.339 e. The van der Waals surface area contributed by atoms with Crippen molar-refractivity contribution in [2.24, 2.45) is 0 Å². The molecule has 1 aromatic rings. The van der Waals surface area contributed by atoms with E-state index in [4.69, 9.17) is 4.52 Å². The molecule has 16 heavy (non-hydrogen) atoms. The molecule has 3 rings (SSSR count). The van der Waals surface area contributed by atoms with Crippen LogP contribution >= 0.6 is 11.8 Å². The SMILES string of the molecule is C1CSC(c2noc([C@H]3CCCNC3)n2)C1. The maximum Gasteiger partial charge on any atom is 0.231 e. The molecule has 0 saturated carbocycles. The summed E-state index contributed by atoms with van der Waals surface area (Å²) in [5.41, 5.74) is 0. The summed E-state index contributed by atoms with van der Waals surface area (Å²) in [5, 5.41) is 8.00. The number of piperidine rings is 1. The highest BCUT2D eigenvalue weighted by atomic mass is 32.2. The fraction of sp³-hybridized carbons (Fsp3) is 0.818. The van der Waals surface area contributed by atoms with Crippen LogP contribution in [0.15, 0.2) is 4.52 Å². The van der Waals surface area contributed by atoms with Gasteiger partial charge in [-0.25, -0.2) is 0 Å². The summed E-state index contributed by atoms with van der Waals surface area (Å²) in [7, 11) is 0. The summed E-state index contributed by atoms with van der Waals surface area (Å²) in [4.78, 5) is 4.58. The topological polar surface area (TPSA) is 51.0 Å². The molecule has 0 aliphatic carbocycles. The molecular weight excluding hydrogens is 222 g/mol. The minimum absolute atomic E-state index is 0.432. The number of rotatable bonds is 2. The number of hydrogen-bond acceptors (Lipinski definition) is 5. The third kappa shape index (κ3) is 2.11. The monoisotopic (exact) mass is 239 g/mol. The van der Waals surface area contributed by atoms with Gasteiger partial charge in [-0.3, -0.25) is 0 Å². The summed E-state index contributed by atoms with van der Waals surface area (Å²) in [6.45, 7) is 2.11. The molecule has 88 valence electrons.